The second-order valence-corrected chi connectivity index (χ2v) is 8.03. The third-order valence-electron chi connectivity index (χ3n) is 6.18. The Morgan fingerprint density at radius 1 is 1.03 bits per heavy atom. The van der Waals surface area contributed by atoms with E-state index in [1.807, 2.05) is 36.4 Å². The summed E-state index contributed by atoms with van der Waals surface area (Å²) in [6.45, 7) is 0.858. The molecule has 0 saturated carbocycles. The number of benzene rings is 2. The molecule has 1 aliphatic heterocycles. The molecule has 9 heteroatoms. The Bertz CT molecular complexity index is 1210. The van der Waals surface area contributed by atoms with Crippen molar-refractivity contribution in [3.63, 3.8) is 0 Å². The lowest BCUT2D eigenvalue weighted by Crippen LogP contribution is -2.44. The van der Waals surface area contributed by atoms with Gasteiger partial charge in [-0.1, -0.05) is 48.5 Å². The Balaban J connectivity index is 1.17. The summed E-state index contributed by atoms with van der Waals surface area (Å²) in [6.07, 6.45) is 0.624. The van der Waals surface area contributed by atoms with Gasteiger partial charge in [0.15, 0.2) is 0 Å². The molecule has 0 atom stereocenters. The van der Waals surface area contributed by atoms with Gasteiger partial charge in [0, 0.05) is 12.5 Å². The van der Waals surface area contributed by atoms with Gasteiger partial charge in [0.1, 0.15) is 18.7 Å². The van der Waals surface area contributed by atoms with Gasteiger partial charge >= 0.3 is 12.1 Å². The maximum Gasteiger partial charge on any atom is 0.407 e. The molecule has 5 rings (SSSR count). The standard InChI is InChI=1S/C24H22N4O5/c29-22(27-9-10-28-21(13-27)19(11-26-28)23(30)31)12-25-24(32)33-14-20-17-7-3-1-5-15(17)16-6-2-4-8-18(16)20/h1-8,11,20H,9-10,12-14H2,(H,25,32)(H,30,31). The smallest absolute Gasteiger partial charge is 0.407 e. The number of hydrogen-bond donors (Lipinski definition) is 2. The maximum atomic E-state index is 12.6. The zero-order valence-corrected chi connectivity index (χ0v) is 17.7. The molecule has 1 aliphatic carbocycles. The Labute approximate surface area is 189 Å². The number of aromatic nitrogens is 2. The summed E-state index contributed by atoms with van der Waals surface area (Å²) in [5.74, 6) is -1.45. The first-order chi connectivity index (χ1) is 16.0. The van der Waals surface area contributed by atoms with E-state index >= 15 is 0 Å². The fourth-order valence-electron chi connectivity index (χ4n) is 4.55. The number of ether oxygens (including phenoxy) is 1. The number of nitrogens with zero attached hydrogens (tertiary/aromatic N) is 3. The highest BCUT2D eigenvalue weighted by Crippen LogP contribution is 2.44. The van der Waals surface area contributed by atoms with Crippen molar-refractivity contribution in [2.24, 2.45) is 0 Å². The highest BCUT2D eigenvalue weighted by atomic mass is 16.5. The van der Waals surface area contributed by atoms with Gasteiger partial charge in [0.25, 0.3) is 0 Å². The number of alkyl carbamates (subject to hydrolysis) is 1. The molecular weight excluding hydrogens is 424 g/mol. The number of nitrogens with one attached hydrogen (secondary N) is 1. The highest BCUT2D eigenvalue weighted by Gasteiger charge is 2.29. The summed E-state index contributed by atoms with van der Waals surface area (Å²) in [5, 5.41) is 15.8. The van der Waals surface area contributed by atoms with Crippen molar-refractivity contribution >= 4 is 18.0 Å². The van der Waals surface area contributed by atoms with Gasteiger partial charge in [0.05, 0.1) is 25.0 Å². The molecule has 0 radical (unpaired) electrons. The molecule has 0 bridgehead atoms. The fourth-order valence-corrected chi connectivity index (χ4v) is 4.55. The number of carboxylic acids is 1. The molecule has 2 amide bonds. The van der Waals surface area contributed by atoms with E-state index in [1.165, 1.54) is 11.1 Å². The van der Waals surface area contributed by atoms with Crippen LogP contribution in [0.25, 0.3) is 11.1 Å². The van der Waals surface area contributed by atoms with Crippen molar-refractivity contribution < 1.29 is 24.2 Å². The molecule has 2 N–H and O–H groups in total. The normalized spacial score (nSPS) is 14.2. The Hall–Kier alpha value is -4.14. The van der Waals surface area contributed by atoms with E-state index in [0.29, 0.717) is 18.8 Å². The SMILES string of the molecule is O=C(NCC(=O)N1CCn2ncc(C(=O)O)c2C1)OCC1c2ccccc2-c2ccccc21. The fraction of sp³-hybridized carbons (Fsp3) is 0.250. The molecule has 0 spiro atoms. The third kappa shape index (κ3) is 3.82. The summed E-state index contributed by atoms with van der Waals surface area (Å²) in [5.41, 5.74) is 5.06. The number of fused-ring (bicyclic) bond motifs is 4. The second-order valence-electron chi connectivity index (χ2n) is 8.03. The minimum Gasteiger partial charge on any atom is -0.478 e. The van der Waals surface area contributed by atoms with E-state index in [-0.39, 0.29) is 37.1 Å². The van der Waals surface area contributed by atoms with Crippen LogP contribution in [-0.2, 0) is 22.6 Å². The van der Waals surface area contributed by atoms with Gasteiger partial charge in [-0.05, 0) is 22.3 Å². The van der Waals surface area contributed by atoms with Crippen LogP contribution < -0.4 is 5.32 Å². The van der Waals surface area contributed by atoms with Crippen molar-refractivity contribution in [3.05, 3.63) is 77.1 Å². The minimum absolute atomic E-state index is 0.0596. The number of amides is 2. The third-order valence-corrected chi connectivity index (χ3v) is 6.18. The number of carbonyl (C=O) groups excluding carboxylic acids is 2. The molecule has 2 heterocycles. The Kier molecular flexibility index (Phi) is 5.29. The van der Waals surface area contributed by atoms with Crippen LogP contribution in [0.5, 0.6) is 0 Å². The van der Waals surface area contributed by atoms with Crippen molar-refractivity contribution in [2.45, 2.75) is 19.0 Å². The molecule has 1 aromatic heterocycles. The van der Waals surface area contributed by atoms with Crippen LogP contribution in [0.15, 0.2) is 54.7 Å². The average Bonchev–Trinajstić information content (AvgIpc) is 3.40. The first-order valence-electron chi connectivity index (χ1n) is 10.7. The first kappa shape index (κ1) is 20.7. The zero-order valence-electron chi connectivity index (χ0n) is 17.7. The topological polar surface area (TPSA) is 114 Å². The summed E-state index contributed by atoms with van der Waals surface area (Å²) in [6, 6.07) is 16.1. The number of carbonyl (C=O) groups is 3. The van der Waals surface area contributed by atoms with E-state index in [9.17, 15) is 19.5 Å². The lowest BCUT2D eigenvalue weighted by Gasteiger charge is -2.28. The van der Waals surface area contributed by atoms with Gasteiger partial charge in [0.2, 0.25) is 5.91 Å². The van der Waals surface area contributed by atoms with Gasteiger partial charge in [-0.15, -0.1) is 0 Å². The van der Waals surface area contributed by atoms with E-state index < -0.39 is 12.1 Å². The zero-order chi connectivity index (χ0) is 22.9. The van der Waals surface area contributed by atoms with Crippen LogP contribution in [0.2, 0.25) is 0 Å². The number of carboxylic acid groups (broad SMARTS) is 1. The van der Waals surface area contributed by atoms with Gasteiger partial charge in [-0.3, -0.25) is 9.48 Å². The van der Waals surface area contributed by atoms with Crippen molar-refractivity contribution in [3.8, 4) is 11.1 Å². The molecule has 33 heavy (non-hydrogen) atoms. The molecule has 2 aliphatic rings. The predicted molar refractivity (Wildman–Crippen MR) is 118 cm³/mol. The molecule has 0 saturated heterocycles. The largest absolute Gasteiger partial charge is 0.478 e. The number of rotatable bonds is 5. The molecule has 3 aromatic rings. The van der Waals surface area contributed by atoms with Crippen LogP contribution in [0.4, 0.5) is 4.79 Å². The van der Waals surface area contributed by atoms with E-state index in [1.54, 1.807) is 4.68 Å². The molecular formula is C24H22N4O5. The van der Waals surface area contributed by atoms with Crippen LogP contribution in [0, 0.1) is 0 Å². The molecule has 0 unspecified atom stereocenters. The maximum absolute atomic E-state index is 12.6. The summed E-state index contributed by atoms with van der Waals surface area (Å²) < 4.78 is 7.05. The van der Waals surface area contributed by atoms with Crippen molar-refractivity contribution in [1.82, 2.24) is 20.0 Å². The van der Waals surface area contributed by atoms with Gasteiger partial charge in [-0.25, -0.2) is 9.59 Å². The lowest BCUT2D eigenvalue weighted by molar-refractivity contribution is -0.131. The second kappa shape index (κ2) is 8.42. The van der Waals surface area contributed by atoms with Crippen LogP contribution >= 0.6 is 0 Å². The van der Waals surface area contributed by atoms with Crippen LogP contribution in [-0.4, -0.2) is 57.5 Å². The van der Waals surface area contributed by atoms with E-state index in [2.05, 4.69) is 22.5 Å². The summed E-state index contributed by atoms with van der Waals surface area (Å²) >= 11 is 0. The minimum atomic E-state index is -1.08. The lowest BCUT2D eigenvalue weighted by atomic mass is 9.98. The highest BCUT2D eigenvalue weighted by molar-refractivity contribution is 5.89. The van der Waals surface area contributed by atoms with Crippen LogP contribution in [0.1, 0.15) is 33.1 Å². The Morgan fingerprint density at radius 2 is 1.70 bits per heavy atom. The van der Waals surface area contributed by atoms with Crippen molar-refractivity contribution in [2.75, 3.05) is 19.7 Å². The van der Waals surface area contributed by atoms with Gasteiger partial charge < -0.3 is 20.1 Å². The molecule has 9 nitrogen and oxygen atoms in total. The monoisotopic (exact) mass is 446 g/mol. The Morgan fingerprint density at radius 3 is 2.36 bits per heavy atom. The van der Waals surface area contributed by atoms with Gasteiger partial charge in [-0.2, -0.15) is 5.10 Å². The number of hydrogen-bond acceptors (Lipinski definition) is 5. The number of aromatic carboxylic acids is 1. The molecule has 168 valence electrons. The quantitative estimate of drug-likeness (QED) is 0.622. The first-order valence-corrected chi connectivity index (χ1v) is 10.7. The average molecular weight is 446 g/mol. The molecule has 0 fully saturated rings. The van der Waals surface area contributed by atoms with Crippen molar-refractivity contribution in [1.29, 1.82) is 0 Å². The summed E-state index contributed by atoms with van der Waals surface area (Å²) in [4.78, 5) is 37.7. The summed E-state index contributed by atoms with van der Waals surface area (Å²) in [7, 11) is 0. The van der Waals surface area contributed by atoms with Crippen LogP contribution in [0.3, 0.4) is 0 Å². The van der Waals surface area contributed by atoms with E-state index in [0.717, 1.165) is 22.3 Å². The van der Waals surface area contributed by atoms with E-state index in [4.69, 9.17) is 4.74 Å². The predicted octanol–water partition coefficient (Wildman–Crippen LogP) is 2.46. The molecule has 2 aromatic carbocycles.